The van der Waals surface area contributed by atoms with Crippen molar-refractivity contribution < 1.29 is 9.53 Å². The molecule has 0 spiro atoms. The van der Waals surface area contributed by atoms with Gasteiger partial charge in [-0.05, 0) is 49.6 Å². The molecule has 122 valence electrons. The second-order valence-corrected chi connectivity index (χ2v) is 5.54. The molecule has 4 nitrogen and oxygen atoms in total. The largest absolute Gasteiger partial charge is 0.494 e. The van der Waals surface area contributed by atoms with Gasteiger partial charge in [0.05, 0.1) is 12.2 Å². The number of carbonyl (C=O) groups excluding carboxylic acids is 1. The Labute approximate surface area is 137 Å². The Morgan fingerprint density at radius 3 is 2.61 bits per heavy atom. The minimum Gasteiger partial charge on any atom is -0.494 e. The fraction of sp³-hybridized carbons (Fsp3) is 0.368. The average molecular weight is 312 g/mol. The van der Waals surface area contributed by atoms with E-state index in [4.69, 9.17) is 4.74 Å². The molecular formula is C19H24N2O2. The summed E-state index contributed by atoms with van der Waals surface area (Å²) in [6.45, 7) is 5.41. The maximum atomic E-state index is 12.0. The lowest BCUT2D eigenvalue weighted by atomic mass is 10.1. The van der Waals surface area contributed by atoms with Crippen molar-refractivity contribution in [2.45, 2.75) is 33.1 Å². The molecule has 0 radical (unpaired) electrons. The van der Waals surface area contributed by atoms with Crippen LogP contribution in [-0.4, -0.2) is 24.0 Å². The molecule has 0 bridgehead atoms. The number of hydrogen-bond donors (Lipinski definition) is 1. The fourth-order valence-electron chi connectivity index (χ4n) is 2.11. The van der Waals surface area contributed by atoms with Crippen LogP contribution >= 0.6 is 0 Å². The SMILES string of the molecule is CCCCOc1ccc(CCNC(=O)c2ccc(C)nc2)cc1. The van der Waals surface area contributed by atoms with Crippen molar-refractivity contribution in [3.8, 4) is 5.75 Å². The van der Waals surface area contributed by atoms with E-state index >= 15 is 0 Å². The van der Waals surface area contributed by atoms with Crippen LogP contribution < -0.4 is 10.1 Å². The third kappa shape index (κ3) is 5.74. The molecule has 2 rings (SSSR count). The molecule has 0 aliphatic heterocycles. The summed E-state index contributed by atoms with van der Waals surface area (Å²) in [7, 11) is 0. The lowest BCUT2D eigenvalue weighted by Crippen LogP contribution is -2.25. The maximum Gasteiger partial charge on any atom is 0.252 e. The van der Waals surface area contributed by atoms with Crippen molar-refractivity contribution in [2.75, 3.05) is 13.2 Å². The molecule has 0 saturated heterocycles. The lowest BCUT2D eigenvalue weighted by molar-refractivity contribution is 0.0954. The van der Waals surface area contributed by atoms with Crippen LogP contribution in [0.2, 0.25) is 0 Å². The number of aromatic nitrogens is 1. The molecule has 1 aromatic carbocycles. The predicted octanol–water partition coefficient (Wildman–Crippen LogP) is 3.54. The zero-order valence-corrected chi connectivity index (χ0v) is 13.8. The highest BCUT2D eigenvalue weighted by Gasteiger charge is 2.05. The molecule has 0 unspecified atom stereocenters. The van der Waals surface area contributed by atoms with Crippen LogP contribution in [0.3, 0.4) is 0 Å². The number of amides is 1. The Bertz CT molecular complexity index is 606. The fourth-order valence-corrected chi connectivity index (χ4v) is 2.11. The Hall–Kier alpha value is -2.36. The van der Waals surface area contributed by atoms with E-state index in [0.29, 0.717) is 12.1 Å². The van der Waals surface area contributed by atoms with Crippen LogP contribution in [0.1, 0.15) is 41.4 Å². The van der Waals surface area contributed by atoms with Crippen LogP contribution in [0.5, 0.6) is 5.75 Å². The minimum absolute atomic E-state index is 0.0861. The van der Waals surface area contributed by atoms with Crippen LogP contribution in [0.25, 0.3) is 0 Å². The topological polar surface area (TPSA) is 51.2 Å². The second-order valence-electron chi connectivity index (χ2n) is 5.54. The molecule has 1 heterocycles. The zero-order valence-electron chi connectivity index (χ0n) is 13.8. The Balaban J connectivity index is 1.75. The molecule has 0 saturated carbocycles. The van der Waals surface area contributed by atoms with E-state index in [-0.39, 0.29) is 5.91 Å². The first-order valence-electron chi connectivity index (χ1n) is 8.11. The molecule has 1 aromatic heterocycles. The van der Waals surface area contributed by atoms with E-state index in [1.165, 1.54) is 5.56 Å². The third-order valence-electron chi connectivity index (χ3n) is 3.56. The number of nitrogens with one attached hydrogen (secondary N) is 1. The summed E-state index contributed by atoms with van der Waals surface area (Å²) in [6.07, 6.45) is 4.60. The third-order valence-corrected chi connectivity index (χ3v) is 3.56. The number of ether oxygens (including phenoxy) is 1. The van der Waals surface area contributed by atoms with Crippen LogP contribution in [0.15, 0.2) is 42.6 Å². The van der Waals surface area contributed by atoms with Crippen molar-refractivity contribution in [1.82, 2.24) is 10.3 Å². The average Bonchev–Trinajstić information content (AvgIpc) is 2.57. The standard InChI is InChI=1S/C19H24N2O2/c1-3-4-13-23-18-9-6-16(7-10-18)11-12-20-19(22)17-8-5-15(2)21-14-17/h5-10,14H,3-4,11-13H2,1-2H3,(H,20,22). The van der Waals surface area contributed by atoms with Crippen molar-refractivity contribution >= 4 is 5.91 Å². The van der Waals surface area contributed by atoms with Gasteiger partial charge in [-0.25, -0.2) is 0 Å². The number of carbonyl (C=O) groups is 1. The highest BCUT2D eigenvalue weighted by Crippen LogP contribution is 2.13. The van der Waals surface area contributed by atoms with E-state index in [1.807, 2.05) is 37.3 Å². The number of nitrogens with zero attached hydrogens (tertiary/aromatic N) is 1. The summed E-state index contributed by atoms with van der Waals surface area (Å²) in [5.41, 5.74) is 2.67. The first-order valence-corrected chi connectivity index (χ1v) is 8.11. The predicted molar refractivity (Wildman–Crippen MR) is 91.9 cm³/mol. The first kappa shape index (κ1) is 17.0. The van der Waals surface area contributed by atoms with Gasteiger partial charge in [0.25, 0.3) is 5.91 Å². The van der Waals surface area contributed by atoms with Gasteiger partial charge in [0.15, 0.2) is 0 Å². The second kappa shape index (κ2) is 8.93. The van der Waals surface area contributed by atoms with Crippen LogP contribution in [-0.2, 0) is 6.42 Å². The molecular weight excluding hydrogens is 288 g/mol. The molecule has 2 aromatic rings. The Morgan fingerprint density at radius 1 is 1.17 bits per heavy atom. The summed E-state index contributed by atoms with van der Waals surface area (Å²) in [5, 5.41) is 2.91. The summed E-state index contributed by atoms with van der Waals surface area (Å²) in [4.78, 5) is 16.1. The first-order chi connectivity index (χ1) is 11.2. The van der Waals surface area contributed by atoms with Crippen LogP contribution in [0, 0.1) is 6.92 Å². The number of pyridine rings is 1. The minimum atomic E-state index is -0.0861. The molecule has 4 heteroatoms. The Kier molecular flexibility index (Phi) is 6.60. The molecule has 0 aliphatic rings. The van der Waals surface area contributed by atoms with E-state index in [2.05, 4.69) is 17.2 Å². The van der Waals surface area contributed by atoms with Gasteiger partial charge < -0.3 is 10.1 Å². The van der Waals surface area contributed by atoms with Crippen LogP contribution in [0.4, 0.5) is 0 Å². The summed E-state index contributed by atoms with van der Waals surface area (Å²) < 4.78 is 5.63. The zero-order chi connectivity index (χ0) is 16.5. The van der Waals surface area contributed by atoms with E-state index in [1.54, 1.807) is 12.3 Å². The molecule has 1 amide bonds. The summed E-state index contributed by atoms with van der Waals surface area (Å²) in [5.74, 6) is 0.814. The molecule has 1 N–H and O–H groups in total. The van der Waals surface area contributed by atoms with Gasteiger partial charge in [0.1, 0.15) is 5.75 Å². The van der Waals surface area contributed by atoms with Gasteiger partial charge >= 0.3 is 0 Å². The summed E-state index contributed by atoms with van der Waals surface area (Å²) >= 11 is 0. The molecule has 0 atom stereocenters. The van der Waals surface area contributed by atoms with Gasteiger partial charge in [-0.15, -0.1) is 0 Å². The van der Waals surface area contributed by atoms with E-state index in [9.17, 15) is 4.79 Å². The van der Waals surface area contributed by atoms with E-state index < -0.39 is 0 Å². The van der Waals surface area contributed by atoms with Gasteiger partial charge in [-0.1, -0.05) is 25.5 Å². The molecule has 0 aliphatic carbocycles. The van der Waals surface area contributed by atoms with Crippen molar-refractivity contribution in [3.63, 3.8) is 0 Å². The Morgan fingerprint density at radius 2 is 1.96 bits per heavy atom. The number of benzene rings is 1. The van der Waals surface area contributed by atoms with Crippen molar-refractivity contribution in [3.05, 3.63) is 59.4 Å². The van der Waals surface area contributed by atoms with Crippen molar-refractivity contribution in [2.24, 2.45) is 0 Å². The quantitative estimate of drug-likeness (QED) is 0.759. The van der Waals surface area contributed by atoms with E-state index in [0.717, 1.165) is 37.3 Å². The molecule has 0 fully saturated rings. The monoisotopic (exact) mass is 312 g/mol. The highest BCUT2D eigenvalue weighted by atomic mass is 16.5. The van der Waals surface area contributed by atoms with Crippen molar-refractivity contribution in [1.29, 1.82) is 0 Å². The number of rotatable bonds is 8. The maximum absolute atomic E-state index is 12.0. The number of hydrogen-bond acceptors (Lipinski definition) is 3. The van der Waals surface area contributed by atoms with Gasteiger partial charge in [0.2, 0.25) is 0 Å². The lowest BCUT2D eigenvalue weighted by Gasteiger charge is -2.08. The number of aryl methyl sites for hydroxylation is 1. The smallest absolute Gasteiger partial charge is 0.252 e. The molecule has 23 heavy (non-hydrogen) atoms. The normalized spacial score (nSPS) is 10.3. The highest BCUT2D eigenvalue weighted by molar-refractivity contribution is 5.93. The van der Waals surface area contributed by atoms with Gasteiger partial charge in [-0.2, -0.15) is 0 Å². The van der Waals surface area contributed by atoms with Gasteiger partial charge in [-0.3, -0.25) is 9.78 Å². The number of unbranched alkanes of at least 4 members (excludes halogenated alkanes) is 1. The van der Waals surface area contributed by atoms with Gasteiger partial charge in [0, 0.05) is 18.4 Å². The summed E-state index contributed by atoms with van der Waals surface area (Å²) in [6, 6.07) is 11.7.